The minimum absolute atomic E-state index is 0.155. The van der Waals surface area contributed by atoms with E-state index < -0.39 is 0 Å². The van der Waals surface area contributed by atoms with Crippen LogP contribution in [0, 0.1) is 0 Å². The van der Waals surface area contributed by atoms with E-state index in [2.05, 4.69) is 27.4 Å². The van der Waals surface area contributed by atoms with Crippen molar-refractivity contribution < 1.29 is 4.74 Å². The molecule has 1 N–H and O–H groups in total. The number of ether oxygens (including phenoxy) is 1. The Morgan fingerprint density at radius 1 is 1.28 bits per heavy atom. The Labute approximate surface area is 109 Å². The smallest absolute Gasteiger partial charge is 0.183 e. The molecule has 1 aliphatic rings. The molecular weight excluding hydrogens is 228 g/mol. The lowest BCUT2D eigenvalue weighted by Crippen LogP contribution is -2.47. The number of hydrogen-bond donors (Lipinski definition) is 1. The number of hydrogen-bond acceptors (Lipinski definition) is 5. The number of aromatic nitrogens is 1. The highest BCUT2D eigenvalue weighted by atomic mass is 16.5. The molecule has 1 saturated heterocycles. The average molecular weight is 250 g/mol. The Morgan fingerprint density at radius 2 is 2.00 bits per heavy atom. The van der Waals surface area contributed by atoms with Crippen molar-refractivity contribution in [3.8, 4) is 5.75 Å². The van der Waals surface area contributed by atoms with Crippen molar-refractivity contribution in [3.05, 3.63) is 18.3 Å². The van der Waals surface area contributed by atoms with Gasteiger partial charge in [-0.25, -0.2) is 9.99 Å². The zero-order valence-electron chi connectivity index (χ0n) is 11.4. The molecule has 0 atom stereocenters. The van der Waals surface area contributed by atoms with Crippen LogP contribution in [0.5, 0.6) is 5.75 Å². The highest BCUT2D eigenvalue weighted by molar-refractivity contribution is 5.48. The lowest BCUT2D eigenvalue weighted by Gasteiger charge is -2.33. The van der Waals surface area contributed by atoms with E-state index in [1.54, 1.807) is 6.20 Å². The number of rotatable bonds is 4. The van der Waals surface area contributed by atoms with Gasteiger partial charge in [0.25, 0.3) is 0 Å². The van der Waals surface area contributed by atoms with E-state index in [1.807, 2.05) is 26.0 Å². The van der Waals surface area contributed by atoms with Gasteiger partial charge in [-0.3, -0.25) is 5.43 Å². The summed E-state index contributed by atoms with van der Waals surface area (Å²) in [6, 6.07) is 3.85. The summed E-state index contributed by atoms with van der Waals surface area (Å²) in [4.78, 5) is 6.68. The number of pyridine rings is 1. The van der Waals surface area contributed by atoms with Crippen LogP contribution < -0.4 is 10.2 Å². The first kappa shape index (κ1) is 13.1. The summed E-state index contributed by atoms with van der Waals surface area (Å²) in [6.07, 6.45) is 1.94. The molecule has 0 aromatic carbocycles. The Morgan fingerprint density at radius 3 is 2.67 bits per heavy atom. The third-order valence-electron chi connectivity index (χ3n) is 2.90. The topological polar surface area (TPSA) is 40.6 Å². The van der Waals surface area contributed by atoms with Crippen molar-refractivity contribution in [3.63, 3.8) is 0 Å². The van der Waals surface area contributed by atoms with E-state index in [1.165, 1.54) is 0 Å². The number of nitrogens with one attached hydrogen (secondary N) is 1. The minimum Gasteiger partial charge on any atom is -0.487 e. The van der Waals surface area contributed by atoms with Crippen LogP contribution in [-0.4, -0.2) is 54.2 Å². The SMILES string of the molecule is CC(C)Oc1cccnc1NN1CCN(C)CC1. The fourth-order valence-electron chi connectivity index (χ4n) is 1.89. The van der Waals surface area contributed by atoms with Gasteiger partial charge in [0.2, 0.25) is 0 Å². The first-order valence-electron chi connectivity index (χ1n) is 6.47. The van der Waals surface area contributed by atoms with Crippen LogP contribution in [0.25, 0.3) is 0 Å². The summed E-state index contributed by atoms with van der Waals surface area (Å²) in [6.45, 7) is 8.17. The van der Waals surface area contributed by atoms with Gasteiger partial charge in [0.15, 0.2) is 11.6 Å². The Balaban J connectivity index is 2.00. The van der Waals surface area contributed by atoms with Crippen LogP contribution in [0.4, 0.5) is 5.82 Å². The molecule has 2 rings (SSSR count). The summed E-state index contributed by atoms with van der Waals surface area (Å²) in [5.41, 5.74) is 3.35. The van der Waals surface area contributed by atoms with Crippen molar-refractivity contribution >= 4 is 5.82 Å². The van der Waals surface area contributed by atoms with E-state index in [0.717, 1.165) is 37.7 Å². The van der Waals surface area contributed by atoms with Crippen LogP contribution in [0.3, 0.4) is 0 Å². The minimum atomic E-state index is 0.155. The summed E-state index contributed by atoms with van der Waals surface area (Å²) in [5, 5.41) is 2.19. The van der Waals surface area contributed by atoms with Gasteiger partial charge in [-0.1, -0.05) is 0 Å². The van der Waals surface area contributed by atoms with E-state index >= 15 is 0 Å². The molecule has 1 aromatic rings. The number of hydrazine groups is 1. The second kappa shape index (κ2) is 6.02. The average Bonchev–Trinajstić information content (AvgIpc) is 2.34. The molecule has 5 nitrogen and oxygen atoms in total. The number of nitrogens with zero attached hydrogens (tertiary/aromatic N) is 3. The first-order chi connectivity index (χ1) is 8.65. The van der Waals surface area contributed by atoms with Crippen molar-refractivity contribution in [1.82, 2.24) is 14.9 Å². The van der Waals surface area contributed by atoms with Crippen molar-refractivity contribution in [2.75, 3.05) is 38.7 Å². The summed E-state index contributed by atoms with van der Waals surface area (Å²) in [5.74, 6) is 1.61. The van der Waals surface area contributed by atoms with Gasteiger partial charge in [0, 0.05) is 32.4 Å². The molecule has 18 heavy (non-hydrogen) atoms. The molecule has 1 aromatic heterocycles. The van der Waals surface area contributed by atoms with Gasteiger partial charge in [-0.05, 0) is 33.0 Å². The van der Waals surface area contributed by atoms with E-state index in [9.17, 15) is 0 Å². The highest BCUT2D eigenvalue weighted by Crippen LogP contribution is 2.22. The maximum absolute atomic E-state index is 5.75. The van der Waals surface area contributed by atoms with E-state index in [-0.39, 0.29) is 6.10 Å². The van der Waals surface area contributed by atoms with Crippen LogP contribution in [-0.2, 0) is 0 Å². The predicted molar refractivity (Wildman–Crippen MR) is 72.7 cm³/mol. The van der Waals surface area contributed by atoms with E-state index in [4.69, 9.17) is 4.74 Å². The van der Waals surface area contributed by atoms with Crippen LogP contribution in [0.1, 0.15) is 13.8 Å². The maximum Gasteiger partial charge on any atom is 0.183 e. The highest BCUT2D eigenvalue weighted by Gasteiger charge is 2.15. The van der Waals surface area contributed by atoms with Crippen molar-refractivity contribution in [2.45, 2.75) is 20.0 Å². The fourth-order valence-corrected chi connectivity index (χ4v) is 1.89. The van der Waals surface area contributed by atoms with Crippen LogP contribution in [0.2, 0.25) is 0 Å². The standard InChI is InChI=1S/C13H22N4O/c1-11(2)18-12-5-4-6-14-13(12)15-17-9-7-16(3)8-10-17/h4-6,11H,7-10H2,1-3H3,(H,14,15). The van der Waals surface area contributed by atoms with Crippen LogP contribution >= 0.6 is 0 Å². The molecule has 100 valence electrons. The summed E-state index contributed by atoms with van der Waals surface area (Å²) < 4.78 is 5.75. The van der Waals surface area contributed by atoms with E-state index in [0.29, 0.717) is 0 Å². The Kier molecular flexibility index (Phi) is 4.38. The van der Waals surface area contributed by atoms with Crippen molar-refractivity contribution in [1.29, 1.82) is 0 Å². The van der Waals surface area contributed by atoms with Crippen molar-refractivity contribution in [2.24, 2.45) is 0 Å². The predicted octanol–water partition coefficient (Wildman–Crippen LogP) is 1.44. The molecule has 0 spiro atoms. The lowest BCUT2D eigenvalue weighted by atomic mass is 10.4. The quantitative estimate of drug-likeness (QED) is 0.875. The molecule has 2 heterocycles. The molecule has 5 heteroatoms. The fraction of sp³-hybridized carbons (Fsp3) is 0.615. The van der Waals surface area contributed by atoms with Gasteiger partial charge in [-0.15, -0.1) is 0 Å². The van der Waals surface area contributed by atoms with Gasteiger partial charge in [-0.2, -0.15) is 0 Å². The molecular formula is C13H22N4O. The monoisotopic (exact) mass is 250 g/mol. The summed E-state index contributed by atoms with van der Waals surface area (Å²) in [7, 11) is 2.14. The third-order valence-corrected chi connectivity index (χ3v) is 2.90. The molecule has 0 aliphatic carbocycles. The van der Waals surface area contributed by atoms with Gasteiger partial charge in [0.1, 0.15) is 0 Å². The molecule has 0 bridgehead atoms. The Bertz CT molecular complexity index is 375. The molecule has 0 amide bonds. The molecule has 1 fully saturated rings. The molecule has 1 aliphatic heterocycles. The molecule has 0 unspecified atom stereocenters. The second-order valence-corrected chi connectivity index (χ2v) is 4.92. The normalized spacial score (nSPS) is 18.0. The lowest BCUT2D eigenvalue weighted by molar-refractivity contribution is 0.177. The number of piperazine rings is 1. The first-order valence-corrected chi connectivity index (χ1v) is 6.47. The molecule has 0 saturated carbocycles. The summed E-state index contributed by atoms with van der Waals surface area (Å²) >= 11 is 0. The van der Waals surface area contributed by atoms with Gasteiger partial charge < -0.3 is 9.64 Å². The van der Waals surface area contributed by atoms with Gasteiger partial charge >= 0.3 is 0 Å². The number of anilines is 1. The second-order valence-electron chi connectivity index (χ2n) is 4.92. The zero-order chi connectivity index (χ0) is 13.0. The largest absolute Gasteiger partial charge is 0.487 e. The van der Waals surface area contributed by atoms with Crippen LogP contribution in [0.15, 0.2) is 18.3 Å². The van der Waals surface area contributed by atoms with Gasteiger partial charge in [0.05, 0.1) is 6.10 Å². The Hall–Kier alpha value is -1.33. The number of likely N-dealkylation sites (N-methyl/N-ethyl adjacent to an activating group) is 1. The zero-order valence-corrected chi connectivity index (χ0v) is 11.4. The third kappa shape index (κ3) is 3.58. The maximum atomic E-state index is 5.75. The molecule has 0 radical (unpaired) electrons.